The van der Waals surface area contributed by atoms with E-state index in [9.17, 15) is 9.90 Å². The highest BCUT2D eigenvalue weighted by atomic mass is 16.5. The third-order valence-corrected chi connectivity index (χ3v) is 3.17. The zero-order valence-corrected chi connectivity index (χ0v) is 12.6. The molecule has 0 radical (unpaired) electrons. The van der Waals surface area contributed by atoms with Crippen LogP contribution in [0.2, 0.25) is 0 Å². The molecule has 4 nitrogen and oxygen atoms in total. The quantitative estimate of drug-likeness (QED) is 0.719. The minimum atomic E-state index is -0.572. The number of carbonyl (C=O) groups excluding carboxylic acids is 1. The summed E-state index contributed by atoms with van der Waals surface area (Å²) in [7, 11) is 0. The maximum atomic E-state index is 11.9. The third-order valence-electron chi connectivity index (χ3n) is 3.17. The average molecular weight is 279 g/mol. The summed E-state index contributed by atoms with van der Waals surface area (Å²) in [4.78, 5) is 11.9. The zero-order chi connectivity index (χ0) is 15.0. The molecule has 0 aromatic heterocycles. The van der Waals surface area contributed by atoms with E-state index in [2.05, 4.69) is 12.2 Å². The molecule has 112 valence electrons. The van der Waals surface area contributed by atoms with Gasteiger partial charge in [-0.3, -0.25) is 4.79 Å². The number of unbranched alkanes of at least 4 members (excludes halogenated alkanes) is 1. The van der Waals surface area contributed by atoms with Gasteiger partial charge < -0.3 is 15.2 Å². The third kappa shape index (κ3) is 4.85. The van der Waals surface area contributed by atoms with Gasteiger partial charge in [-0.05, 0) is 25.8 Å². The van der Waals surface area contributed by atoms with E-state index in [4.69, 9.17) is 4.74 Å². The van der Waals surface area contributed by atoms with Crippen molar-refractivity contribution in [1.82, 2.24) is 5.32 Å². The van der Waals surface area contributed by atoms with Crippen LogP contribution in [0.3, 0.4) is 0 Å². The normalized spacial score (nSPS) is 13.6. The summed E-state index contributed by atoms with van der Waals surface area (Å²) in [6, 6.07) is 7.30. The molecule has 2 atom stereocenters. The molecule has 4 heteroatoms. The van der Waals surface area contributed by atoms with Crippen LogP contribution in [0.1, 0.15) is 51.7 Å². The number of rotatable bonds is 8. The van der Waals surface area contributed by atoms with E-state index >= 15 is 0 Å². The molecule has 0 spiro atoms. The maximum absolute atomic E-state index is 11.9. The molecule has 2 N–H and O–H groups in total. The molecule has 1 amide bonds. The van der Waals surface area contributed by atoms with Crippen LogP contribution in [0.25, 0.3) is 0 Å². The first-order chi connectivity index (χ1) is 9.60. The van der Waals surface area contributed by atoms with Gasteiger partial charge in [0.25, 0.3) is 5.91 Å². The van der Waals surface area contributed by atoms with Crippen molar-refractivity contribution in [3.05, 3.63) is 29.8 Å². The lowest BCUT2D eigenvalue weighted by atomic mass is 10.1. The number of amides is 1. The van der Waals surface area contributed by atoms with Gasteiger partial charge in [-0.15, -0.1) is 0 Å². The number of nitrogens with one attached hydrogen (secondary N) is 1. The number of hydrogen-bond acceptors (Lipinski definition) is 3. The molecule has 0 fully saturated rings. The zero-order valence-electron chi connectivity index (χ0n) is 12.6. The van der Waals surface area contributed by atoms with Crippen molar-refractivity contribution in [3.8, 4) is 5.75 Å². The fourth-order valence-corrected chi connectivity index (χ4v) is 1.86. The minimum Gasteiger partial charge on any atom is -0.481 e. The van der Waals surface area contributed by atoms with Crippen molar-refractivity contribution >= 4 is 5.91 Å². The summed E-state index contributed by atoms with van der Waals surface area (Å²) in [6.45, 7) is 6.37. The number of ether oxygens (including phenoxy) is 1. The van der Waals surface area contributed by atoms with Crippen LogP contribution in [-0.4, -0.2) is 23.7 Å². The van der Waals surface area contributed by atoms with Crippen LogP contribution < -0.4 is 10.1 Å². The van der Waals surface area contributed by atoms with Crippen LogP contribution in [-0.2, 0) is 4.79 Å². The topological polar surface area (TPSA) is 58.6 Å². The van der Waals surface area contributed by atoms with Crippen molar-refractivity contribution in [3.63, 3.8) is 0 Å². The summed E-state index contributed by atoms with van der Waals surface area (Å²) >= 11 is 0. The van der Waals surface area contributed by atoms with E-state index < -0.39 is 12.2 Å². The SMILES string of the molecule is CCCCNC(=O)C(C)Oc1ccccc1[C@@H](O)CC. The van der Waals surface area contributed by atoms with Gasteiger partial charge in [-0.25, -0.2) is 0 Å². The Bertz CT molecular complexity index is 420. The van der Waals surface area contributed by atoms with Crippen molar-refractivity contribution < 1.29 is 14.6 Å². The second-order valence-corrected chi connectivity index (χ2v) is 4.87. The molecule has 1 aromatic carbocycles. The van der Waals surface area contributed by atoms with Crippen LogP contribution in [0, 0.1) is 0 Å². The molecule has 0 heterocycles. The molecule has 0 bridgehead atoms. The van der Waals surface area contributed by atoms with Crippen molar-refractivity contribution in [2.75, 3.05) is 6.54 Å². The highest BCUT2D eigenvalue weighted by molar-refractivity contribution is 5.80. The van der Waals surface area contributed by atoms with Gasteiger partial charge in [0.15, 0.2) is 6.10 Å². The monoisotopic (exact) mass is 279 g/mol. The highest BCUT2D eigenvalue weighted by Crippen LogP contribution is 2.27. The standard InChI is InChI=1S/C16H25NO3/c1-4-6-11-17-16(19)12(3)20-15-10-8-7-9-13(15)14(18)5-2/h7-10,12,14,18H,4-6,11H2,1-3H3,(H,17,19)/t12?,14-/m0/s1. The summed E-state index contributed by atoms with van der Waals surface area (Å²) in [6.07, 6.45) is 1.47. The molecule has 1 unspecified atom stereocenters. The molecule has 0 saturated carbocycles. The molecule has 0 aliphatic heterocycles. The Balaban J connectivity index is 2.65. The lowest BCUT2D eigenvalue weighted by molar-refractivity contribution is -0.127. The number of aliphatic hydroxyl groups is 1. The molecular weight excluding hydrogens is 254 g/mol. The Morgan fingerprint density at radius 3 is 2.70 bits per heavy atom. The number of hydrogen-bond donors (Lipinski definition) is 2. The second kappa shape index (κ2) is 8.59. The van der Waals surface area contributed by atoms with Gasteiger partial charge >= 0.3 is 0 Å². The van der Waals surface area contributed by atoms with Crippen LogP contribution >= 0.6 is 0 Å². The first-order valence-corrected chi connectivity index (χ1v) is 7.31. The molecule has 0 saturated heterocycles. The van der Waals surface area contributed by atoms with E-state index in [1.165, 1.54) is 0 Å². The highest BCUT2D eigenvalue weighted by Gasteiger charge is 2.17. The van der Waals surface area contributed by atoms with Gasteiger partial charge in [0.1, 0.15) is 5.75 Å². The fourth-order valence-electron chi connectivity index (χ4n) is 1.86. The Labute approximate surface area is 121 Å². The van der Waals surface area contributed by atoms with Crippen LogP contribution in [0.5, 0.6) is 5.75 Å². The molecular formula is C16H25NO3. The second-order valence-electron chi connectivity index (χ2n) is 4.87. The summed E-state index contributed by atoms with van der Waals surface area (Å²) in [5.74, 6) is 0.444. The lowest BCUT2D eigenvalue weighted by Crippen LogP contribution is -2.37. The van der Waals surface area contributed by atoms with E-state index in [0.717, 1.165) is 18.4 Å². The largest absolute Gasteiger partial charge is 0.481 e. The lowest BCUT2D eigenvalue weighted by Gasteiger charge is -2.19. The molecule has 0 aliphatic rings. The molecule has 1 rings (SSSR count). The Hall–Kier alpha value is -1.55. The van der Waals surface area contributed by atoms with Crippen LogP contribution in [0.15, 0.2) is 24.3 Å². The number of para-hydroxylation sites is 1. The fraction of sp³-hybridized carbons (Fsp3) is 0.562. The van der Waals surface area contributed by atoms with Crippen molar-refractivity contribution in [2.24, 2.45) is 0 Å². The molecule has 1 aromatic rings. The summed E-state index contributed by atoms with van der Waals surface area (Å²) < 4.78 is 5.69. The van der Waals surface area contributed by atoms with Gasteiger partial charge in [0, 0.05) is 12.1 Å². The number of carbonyl (C=O) groups is 1. The summed E-state index contributed by atoms with van der Waals surface area (Å²) in [5.41, 5.74) is 0.725. The first-order valence-electron chi connectivity index (χ1n) is 7.31. The number of benzene rings is 1. The van der Waals surface area contributed by atoms with Gasteiger partial charge in [-0.2, -0.15) is 0 Å². The van der Waals surface area contributed by atoms with Gasteiger partial charge in [0.2, 0.25) is 0 Å². The van der Waals surface area contributed by atoms with E-state index in [1.807, 2.05) is 25.1 Å². The predicted octanol–water partition coefficient (Wildman–Crippen LogP) is 2.81. The minimum absolute atomic E-state index is 0.126. The van der Waals surface area contributed by atoms with Gasteiger partial charge in [0.05, 0.1) is 6.10 Å². The smallest absolute Gasteiger partial charge is 0.260 e. The Morgan fingerprint density at radius 2 is 2.05 bits per heavy atom. The molecule has 20 heavy (non-hydrogen) atoms. The molecule has 0 aliphatic carbocycles. The maximum Gasteiger partial charge on any atom is 0.260 e. The predicted molar refractivity (Wildman–Crippen MR) is 79.7 cm³/mol. The first kappa shape index (κ1) is 16.5. The van der Waals surface area contributed by atoms with Crippen molar-refractivity contribution in [1.29, 1.82) is 0 Å². The van der Waals surface area contributed by atoms with Crippen LogP contribution in [0.4, 0.5) is 0 Å². The van der Waals surface area contributed by atoms with Crippen molar-refractivity contribution in [2.45, 2.75) is 52.2 Å². The van der Waals surface area contributed by atoms with Gasteiger partial charge in [-0.1, -0.05) is 38.5 Å². The summed E-state index contributed by atoms with van der Waals surface area (Å²) in [5, 5.41) is 12.8. The van der Waals surface area contributed by atoms with E-state index in [0.29, 0.717) is 18.7 Å². The van der Waals surface area contributed by atoms with E-state index in [-0.39, 0.29) is 5.91 Å². The Kier molecular flexibility index (Phi) is 7.09. The van der Waals surface area contributed by atoms with E-state index in [1.54, 1.807) is 13.0 Å². The Morgan fingerprint density at radius 1 is 1.35 bits per heavy atom. The average Bonchev–Trinajstić information content (AvgIpc) is 2.47. The number of aliphatic hydroxyl groups excluding tert-OH is 1.